The highest BCUT2D eigenvalue weighted by Crippen LogP contribution is 2.20. The molecule has 0 atom stereocenters. The quantitative estimate of drug-likeness (QED) is 0.873. The Morgan fingerprint density at radius 3 is 2.55 bits per heavy atom. The van der Waals surface area contributed by atoms with Crippen LogP contribution in [-0.2, 0) is 11.3 Å². The topological polar surface area (TPSA) is 46.1 Å². The van der Waals surface area contributed by atoms with Gasteiger partial charge in [-0.3, -0.25) is 4.79 Å². The van der Waals surface area contributed by atoms with Gasteiger partial charge in [-0.25, -0.2) is 0 Å². The Morgan fingerprint density at radius 2 is 1.90 bits per heavy atom. The van der Waals surface area contributed by atoms with Gasteiger partial charge in [-0.05, 0) is 37.6 Å². The molecule has 2 N–H and O–H groups in total. The second kappa shape index (κ2) is 6.39. The SMILES string of the molecule is CNC(=O)CNCc1cc(C)n(-c2ccccc2)c1C. The van der Waals surface area contributed by atoms with Crippen LogP contribution < -0.4 is 10.6 Å². The van der Waals surface area contributed by atoms with E-state index in [0.29, 0.717) is 13.1 Å². The molecule has 0 radical (unpaired) electrons. The largest absolute Gasteiger partial charge is 0.358 e. The minimum Gasteiger partial charge on any atom is -0.358 e. The molecular formula is C16H21N3O. The van der Waals surface area contributed by atoms with Crippen LogP contribution in [-0.4, -0.2) is 24.1 Å². The lowest BCUT2D eigenvalue weighted by Gasteiger charge is -2.10. The molecule has 1 aromatic carbocycles. The molecule has 1 amide bonds. The summed E-state index contributed by atoms with van der Waals surface area (Å²) in [7, 11) is 1.64. The minimum atomic E-state index is 0.00173. The number of nitrogens with zero attached hydrogens (tertiary/aromatic N) is 1. The summed E-state index contributed by atoms with van der Waals surface area (Å²) < 4.78 is 2.23. The first-order valence-corrected chi connectivity index (χ1v) is 6.78. The van der Waals surface area contributed by atoms with Crippen LogP contribution in [0.15, 0.2) is 36.4 Å². The van der Waals surface area contributed by atoms with Gasteiger partial charge in [-0.15, -0.1) is 0 Å². The number of hydrogen-bond acceptors (Lipinski definition) is 2. The molecule has 0 unspecified atom stereocenters. The average Bonchev–Trinajstić information content (AvgIpc) is 2.74. The van der Waals surface area contributed by atoms with E-state index in [9.17, 15) is 4.79 Å². The number of rotatable bonds is 5. The van der Waals surface area contributed by atoms with Crippen molar-refractivity contribution >= 4 is 5.91 Å². The van der Waals surface area contributed by atoms with Crippen LogP contribution in [0, 0.1) is 13.8 Å². The zero-order valence-corrected chi connectivity index (χ0v) is 12.2. The van der Waals surface area contributed by atoms with E-state index in [0.717, 1.165) is 0 Å². The number of nitrogens with one attached hydrogen (secondary N) is 2. The van der Waals surface area contributed by atoms with E-state index >= 15 is 0 Å². The Labute approximate surface area is 119 Å². The molecule has 0 aliphatic rings. The van der Waals surface area contributed by atoms with Crippen molar-refractivity contribution in [1.82, 2.24) is 15.2 Å². The normalized spacial score (nSPS) is 10.6. The molecule has 0 fully saturated rings. The number of benzene rings is 1. The van der Waals surface area contributed by atoms with E-state index in [4.69, 9.17) is 0 Å². The zero-order valence-electron chi connectivity index (χ0n) is 12.2. The van der Waals surface area contributed by atoms with Gasteiger partial charge in [0.15, 0.2) is 0 Å². The summed E-state index contributed by atoms with van der Waals surface area (Å²) in [5, 5.41) is 5.76. The molecule has 20 heavy (non-hydrogen) atoms. The number of para-hydroxylation sites is 1. The smallest absolute Gasteiger partial charge is 0.233 e. The van der Waals surface area contributed by atoms with Crippen LogP contribution in [0.1, 0.15) is 17.0 Å². The maximum absolute atomic E-state index is 11.2. The van der Waals surface area contributed by atoms with Gasteiger partial charge < -0.3 is 15.2 Å². The van der Waals surface area contributed by atoms with Gasteiger partial charge in [0, 0.05) is 30.7 Å². The lowest BCUT2D eigenvalue weighted by atomic mass is 10.2. The van der Waals surface area contributed by atoms with E-state index < -0.39 is 0 Å². The zero-order chi connectivity index (χ0) is 14.5. The molecule has 1 aromatic heterocycles. The molecule has 2 aromatic rings. The lowest BCUT2D eigenvalue weighted by Crippen LogP contribution is -2.31. The predicted molar refractivity (Wildman–Crippen MR) is 81.0 cm³/mol. The highest BCUT2D eigenvalue weighted by molar-refractivity contribution is 5.77. The fraction of sp³-hybridized carbons (Fsp3) is 0.312. The first-order chi connectivity index (χ1) is 9.63. The van der Waals surface area contributed by atoms with Gasteiger partial charge in [0.05, 0.1) is 6.54 Å². The Bertz CT molecular complexity index is 587. The van der Waals surface area contributed by atoms with Gasteiger partial charge in [0.25, 0.3) is 0 Å². The van der Waals surface area contributed by atoms with Crippen molar-refractivity contribution in [1.29, 1.82) is 0 Å². The van der Waals surface area contributed by atoms with E-state index in [1.54, 1.807) is 7.05 Å². The van der Waals surface area contributed by atoms with Crippen LogP contribution >= 0.6 is 0 Å². The number of hydrogen-bond donors (Lipinski definition) is 2. The summed E-state index contributed by atoms with van der Waals surface area (Å²) in [5.74, 6) is 0.00173. The molecule has 106 valence electrons. The summed E-state index contributed by atoms with van der Waals surface area (Å²) in [4.78, 5) is 11.2. The van der Waals surface area contributed by atoms with Crippen LogP contribution in [0.2, 0.25) is 0 Å². The van der Waals surface area contributed by atoms with Crippen molar-refractivity contribution in [3.05, 3.63) is 53.3 Å². The first-order valence-electron chi connectivity index (χ1n) is 6.78. The van der Waals surface area contributed by atoms with Crippen molar-refractivity contribution in [3.63, 3.8) is 0 Å². The maximum Gasteiger partial charge on any atom is 0.233 e. The molecule has 4 nitrogen and oxygen atoms in total. The second-order valence-electron chi connectivity index (χ2n) is 4.84. The molecule has 0 bridgehead atoms. The molecule has 0 saturated heterocycles. The van der Waals surface area contributed by atoms with Gasteiger partial charge in [-0.1, -0.05) is 18.2 Å². The third-order valence-electron chi connectivity index (χ3n) is 3.43. The van der Waals surface area contributed by atoms with Crippen LogP contribution in [0.25, 0.3) is 5.69 Å². The minimum absolute atomic E-state index is 0.00173. The fourth-order valence-corrected chi connectivity index (χ4v) is 2.38. The number of aryl methyl sites for hydroxylation is 1. The number of likely N-dealkylation sites (N-methyl/N-ethyl adjacent to an activating group) is 1. The number of aromatic nitrogens is 1. The van der Waals surface area contributed by atoms with Gasteiger partial charge in [0.1, 0.15) is 0 Å². The van der Waals surface area contributed by atoms with Crippen LogP contribution in [0.4, 0.5) is 0 Å². The molecule has 0 aliphatic heterocycles. The third-order valence-corrected chi connectivity index (χ3v) is 3.43. The number of carbonyl (C=O) groups is 1. The molecular weight excluding hydrogens is 250 g/mol. The lowest BCUT2D eigenvalue weighted by molar-refractivity contribution is -0.119. The molecule has 4 heteroatoms. The van der Waals surface area contributed by atoms with Gasteiger partial charge in [0.2, 0.25) is 5.91 Å². The summed E-state index contributed by atoms with van der Waals surface area (Å²) in [6, 6.07) is 12.5. The molecule has 0 spiro atoms. The van der Waals surface area contributed by atoms with Crippen LogP contribution in [0.3, 0.4) is 0 Å². The van der Waals surface area contributed by atoms with Gasteiger partial charge >= 0.3 is 0 Å². The maximum atomic E-state index is 11.2. The Balaban J connectivity index is 2.15. The van der Waals surface area contributed by atoms with E-state index in [1.165, 1.54) is 22.6 Å². The molecule has 0 aliphatic carbocycles. The first kappa shape index (κ1) is 14.3. The van der Waals surface area contributed by atoms with E-state index in [1.807, 2.05) is 18.2 Å². The predicted octanol–water partition coefficient (Wildman–Crippen LogP) is 1.93. The van der Waals surface area contributed by atoms with Gasteiger partial charge in [-0.2, -0.15) is 0 Å². The van der Waals surface area contributed by atoms with Crippen molar-refractivity contribution in [2.75, 3.05) is 13.6 Å². The van der Waals surface area contributed by atoms with E-state index in [-0.39, 0.29) is 5.91 Å². The van der Waals surface area contributed by atoms with Crippen molar-refractivity contribution in [3.8, 4) is 5.69 Å². The Kier molecular flexibility index (Phi) is 4.58. The molecule has 2 rings (SSSR count). The Hall–Kier alpha value is -2.07. The summed E-state index contributed by atoms with van der Waals surface area (Å²) in [6.07, 6.45) is 0. The average molecular weight is 271 g/mol. The highest BCUT2D eigenvalue weighted by atomic mass is 16.1. The third kappa shape index (κ3) is 3.08. The van der Waals surface area contributed by atoms with Crippen molar-refractivity contribution in [2.45, 2.75) is 20.4 Å². The fourth-order valence-electron chi connectivity index (χ4n) is 2.38. The van der Waals surface area contributed by atoms with E-state index in [2.05, 4.69) is 47.2 Å². The summed E-state index contributed by atoms with van der Waals surface area (Å²) >= 11 is 0. The van der Waals surface area contributed by atoms with Crippen molar-refractivity contribution in [2.24, 2.45) is 0 Å². The summed E-state index contributed by atoms with van der Waals surface area (Å²) in [6.45, 7) is 5.24. The molecule has 1 heterocycles. The van der Waals surface area contributed by atoms with Crippen molar-refractivity contribution < 1.29 is 4.79 Å². The number of amides is 1. The monoisotopic (exact) mass is 271 g/mol. The van der Waals surface area contributed by atoms with Crippen LogP contribution in [0.5, 0.6) is 0 Å². The summed E-state index contributed by atoms with van der Waals surface area (Å²) in [5.41, 5.74) is 4.79. The number of carbonyl (C=O) groups excluding carboxylic acids is 1. The molecule has 0 saturated carbocycles. The highest BCUT2D eigenvalue weighted by Gasteiger charge is 2.10. The Morgan fingerprint density at radius 1 is 1.20 bits per heavy atom. The standard InChI is InChI=1S/C16H21N3O/c1-12-9-14(10-18-11-16(20)17-3)13(2)19(12)15-7-5-4-6-8-15/h4-9,18H,10-11H2,1-3H3,(H,17,20). The second-order valence-corrected chi connectivity index (χ2v) is 4.84.